The number of halogens is 3. The maximum Gasteiger partial charge on any atom is 0.425 e. The first-order valence-electron chi connectivity index (χ1n) is 9.58. The molecule has 0 saturated heterocycles. The summed E-state index contributed by atoms with van der Waals surface area (Å²) in [5.41, 5.74) is -2.22. The number of alkyl halides is 3. The number of methoxy groups -OCH3 is 1. The zero-order valence-corrected chi connectivity index (χ0v) is 18.0. The smallest absolute Gasteiger partial charge is 0.425 e. The maximum atomic E-state index is 13.5. The van der Waals surface area contributed by atoms with E-state index < -0.39 is 48.3 Å². The summed E-state index contributed by atoms with van der Waals surface area (Å²) in [4.78, 5) is 35.9. The molecule has 0 aliphatic rings. The molecular formula is C21H24F3NO7. The van der Waals surface area contributed by atoms with Crippen LogP contribution in [-0.2, 0) is 31.2 Å². The number of furan rings is 1. The van der Waals surface area contributed by atoms with Gasteiger partial charge in [-0.1, -0.05) is 0 Å². The summed E-state index contributed by atoms with van der Waals surface area (Å²) in [7, 11) is 1.26. The van der Waals surface area contributed by atoms with Crippen molar-refractivity contribution >= 4 is 17.7 Å². The Morgan fingerprint density at radius 1 is 1.12 bits per heavy atom. The minimum atomic E-state index is -5.22. The van der Waals surface area contributed by atoms with Gasteiger partial charge in [-0.15, -0.1) is 0 Å². The fourth-order valence-electron chi connectivity index (χ4n) is 3.20. The molecule has 0 saturated carbocycles. The highest BCUT2D eigenvalue weighted by Gasteiger charge is 2.58. The van der Waals surface area contributed by atoms with E-state index in [1.54, 1.807) is 18.4 Å². The lowest BCUT2D eigenvalue weighted by Gasteiger charge is -2.27. The quantitative estimate of drug-likeness (QED) is 0.453. The Bertz CT molecular complexity index is 1010. The largest absolute Gasteiger partial charge is 0.469 e. The molecule has 32 heavy (non-hydrogen) atoms. The minimum Gasteiger partial charge on any atom is -0.469 e. The number of hydrogen-bond donors (Lipinski definition) is 1. The van der Waals surface area contributed by atoms with Crippen LogP contribution in [0.1, 0.15) is 46.1 Å². The Labute approximate surface area is 181 Å². The molecule has 0 radical (unpaired) electrons. The Balaban J connectivity index is 2.08. The number of nitrogens with zero attached hydrogens (tertiary/aromatic N) is 1. The van der Waals surface area contributed by atoms with Gasteiger partial charge >= 0.3 is 18.1 Å². The van der Waals surface area contributed by atoms with E-state index in [9.17, 15) is 32.7 Å². The second-order valence-corrected chi connectivity index (χ2v) is 7.29. The van der Waals surface area contributed by atoms with Gasteiger partial charge in [0, 0.05) is 23.5 Å². The van der Waals surface area contributed by atoms with Gasteiger partial charge in [-0.25, -0.2) is 0 Å². The number of esters is 2. The second-order valence-electron chi connectivity index (χ2n) is 7.29. The number of carbonyl (C=O) groups excluding carboxylic acids is 3. The lowest BCUT2D eigenvalue weighted by atomic mass is 9.96. The second kappa shape index (κ2) is 9.60. The van der Waals surface area contributed by atoms with Gasteiger partial charge in [0.15, 0.2) is 6.61 Å². The van der Waals surface area contributed by atoms with Gasteiger partial charge in [0.2, 0.25) is 11.4 Å². The van der Waals surface area contributed by atoms with Crippen LogP contribution in [0.25, 0.3) is 0 Å². The number of Topliss-reactive ketones (excluding diaryl/α,β-unsaturated/α-hetero) is 1. The van der Waals surface area contributed by atoms with Crippen molar-refractivity contribution in [3.63, 3.8) is 0 Å². The molecule has 0 aromatic carbocycles. The Hall–Kier alpha value is -3.08. The highest BCUT2D eigenvalue weighted by atomic mass is 19.4. The Morgan fingerprint density at radius 3 is 2.31 bits per heavy atom. The molecule has 2 aromatic rings. The van der Waals surface area contributed by atoms with Crippen molar-refractivity contribution in [2.75, 3.05) is 13.7 Å². The molecule has 0 aliphatic carbocycles. The number of aromatic nitrogens is 1. The predicted octanol–water partition coefficient (Wildman–Crippen LogP) is 3.14. The average molecular weight is 459 g/mol. The third-order valence-electron chi connectivity index (χ3n) is 5.02. The van der Waals surface area contributed by atoms with Crippen molar-refractivity contribution in [3.05, 3.63) is 46.7 Å². The van der Waals surface area contributed by atoms with Gasteiger partial charge in [-0.3, -0.25) is 14.4 Å². The van der Waals surface area contributed by atoms with Crippen LogP contribution >= 0.6 is 0 Å². The lowest BCUT2D eigenvalue weighted by molar-refractivity contribution is -0.275. The van der Waals surface area contributed by atoms with Gasteiger partial charge in [0.1, 0.15) is 11.5 Å². The van der Waals surface area contributed by atoms with Crippen molar-refractivity contribution in [3.8, 4) is 0 Å². The fourth-order valence-corrected chi connectivity index (χ4v) is 3.20. The molecule has 2 rings (SSSR count). The first kappa shape index (κ1) is 25.2. The third-order valence-corrected chi connectivity index (χ3v) is 5.02. The molecule has 0 aliphatic heterocycles. The average Bonchev–Trinajstić information content (AvgIpc) is 3.26. The van der Waals surface area contributed by atoms with E-state index in [-0.39, 0.29) is 24.3 Å². The number of aryl methyl sites for hydroxylation is 2. The van der Waals surface area contributed by atoms with E-state index in [1.807, 2.05) is 0 Å². The highest BCUT2D eigenvalue weighted by molar-refractivity contribution is 5.99. The molecule has 0 fully saturated rings. The van der Waals surface area contributed by atoms with Gasteiger partial charge in [0.05, 0.1) is 20.0 Å². The van der Waals surface area contributed by atoms with Crippen molar-refractivity contribution in [2.24, 2.45) is 0 Å². The van der Waals surface area contributed by atoms with E-state index >= 15 is 0 Å². The van der Waals surface area contributed by atoms with Crippen molar-refractivity contribution in [1.82, 2.24) is 4.57 Å². The zero-order valence-electron chi connectivity index (χ0n) is 18.0. The highest BCUT2D eigenvalue weighted by Crippen LogP contribution is 2.42. The van der Waals surface area contributed by atoms with E-state index in [0.717, 1.165) is 6.07 Å². The normalized spacial score (nSPS) is 13.5. The molecule has 1 atom stereocenters. The van der Waals surface area contributed by atoms with Gasteiger partial charge in [-0.2, -0.15) is 13.2 Å². The molecule has 2 aromatic heterocycles. The van der Waals surface area contributed by atoms with Crippen LogP contribution in [0.3, 0.4) is 0 Å². The summed E-state index contributed by atoms with van der Waals surface area (Å²) in [5.74, 6) is -3.22. The van der Waals surface area contributed by atoms with Gasteiger partial charge in [0.25, 0.3) is 0 Å². The van der Waals surface area contributed by atoms with E-state index in [0.29, 0.717) is 11.4 Å². The van der Waals surface area contributed by atoms with Gasteiger partial charge in [-0.05, 0) is 39.0 Å². The summed E-state index contributed by atoms with van der Waals surface area (Å²) < 4.78 is 56.3. The number of ether oxygens (including phenoxy) is 2. The van der Waals surface area contributed by atoms with E-state index in [1.165, 1.54) is 26.2 Å². The van der Waals surface area contributed by atoms with Crippen LogP contribution in [0.15, 0.2) is 22.6 Å². The van der Waals surface area contributed by atoms with Crippen LogP contribution < -0.4 is 0 Å². The standard InChI is InChI=1S/C21H24F3NO7/c1-12-9-15(14(3)25(12)8-7-18(27)30-4)16(26)11-31-19(28)10-20(29,21(22,23)24)17-6-5-13(2)32-17/h5-6,9,29H,7-8,10-11H2,1-4H3/t20-/m1/s1. The Morgan fingerprint density at radius 2 is 1.78 bits per heavy atom. The molecule has 0 amide bonds. The summed E-state index contributed by atoms with van der Waals surface area (Å²) in [6.45, 7) is 4.17. The van der Waals surface area contributed by atoms with Crippen LogP contribution in [0, 0.1) is 20.8 Å². The van der Waals surface area contributed by atoms with Crippen molar-refractivity contribution in [2.45, 2.75) is 51.9 Å². The minimum absolute atomic E-state index is 0.0811. The third kappa shape index (κ3) is 5.39. The summed E-state index contributed by atoms with van der Waals surface area (Å²) in [5, 5.41) is 10.1. The predicted molar refractivity (Wildman–Crippen MR) is 104 cm³/mol. The molecule has 0 unspecified atom stereocenters. The number of rotatable bonds is 9. The zero-order chi connectivity index (χ0) is 24.3. The first-order valence-corrected chi connectivity index (χ1v) is 9.58. The van der Waals surface area contributed by atoms with Gasteiger partial charge < -0.3 is 23.6 Å². The first-order chi connectivity index (χ1) is 14.8. The molecule has 2 heterocycles. The topological polar surface area (TPSA) is 108 Å². The van der Waals surface area contributed by atoms with Crippen LogP contribution in [0.4, 0.5) is 13.2 Å². The molecule has 0 spiro atoms. The number of aliphatic hydroxyl groups is 1. The van der Waals surface area contributed by atoms with Crippen molar-refractivity contribution < 1.29 is 46.6 Å². The SMILES string of the molecule is COC(=O)CCn1c(C)cc(C(=O)COC(=O)C[C@@](O)(c2ccc(C)o2)C(F)(F)F)c1C. The lowest BCUT2D eigenvalue weighted by Crippen LogP contribution is -2.44. The van der Waals surface area contributed by atoms with Crippen LogP contribution in [0.2, 0.25) is 0 Å². The molecule has 8 nitrogen and oxygen atoms in total. The fraction of sp³-hybridized carbons (Fsp3) is 0.476. The molecular weight excluding hydrogens is 435 g/mol. The Kier molecular flexibility index (Phi) is 7.55. The number of carbonyl (C=O) groups is 3. The van der Waals surface area contributed by atoms with Crippen molar-refractivity contribution in [1.29, 1.82) is 0 Å². The van der Waals surface area contributed by atoms with E-state index in [4.69, 9.17) is 9.15 Å². The summed E-state index contributed by atoms with van der Waals surface area (Å²) in [6, 6.07) is 3.67. The molecule has 0 bridgehead atoms. The van der Waals surface area contributed by atoms with Crippen LogP contribution in [-0.4, -0.2) is 47.3 Å². The molecule has 1 N–H and O–H groups in total. The number of ketones is 1. The molecule has 176 valence electrons. The summed E-state index contributed by atoms with van der Waals surface area (Å²) in [6.07, 6.45) is -6.61. The van der Waals surface area contributed by atoms with Crippen LogP contribution in [0.5, 0.6) is 0 Å². The summed E-state index contributed by atoms with van der Waals surface area (Å²) >= 11 is 0. The van der Waals surface area contributed by atoms with E-state index in [2.05, 4.69) is 4.74 Å². The number of hydrogen-bond acceptors (Lipinski definition) is 7. The monoisotopic (exact) mass is 459 g/mol. The maximum absolute atomic E-state index is 13.5. The molecule has 11 heteroatoms.